The Balaban J connectivity index is 1.83. The first kappa shape index (κ1) is 19.5. The molecule has 2 heterocycles. The van der Waals surface area contributed by atoms with E-state index in [2.05, 4.69) is 15.3 Å². The third kappa shape index (κ3) is 4.55. The quantitative estimate of drug-likeness (QED) is 0.357. The van der Waals surface area contributed by atoms with Crippen molar-refractivity contribution in [2.45, 2.75) is 17.3 Å². The zero-order valence-electron chi connectivity index (χ0n) is 14.7. The van der Waals surface area contributed by atoms with Crippen LogP contribution in [0.5, 0.6) is 0 Å². The normalized spacial score (nSPS) is 12.3. The number of hydrogen-bond donors (Lipinski definition) is 2. The fraction of sp³-hybridized carbons (Fsp3) is 0.278. The van der Waals surface area contributed by atoms with Crippen LogP contribution in [0.4, 0.5) is 4.39 Å². The predicted molar refractivity (Wildman–Crippen MR) is 106 cm³/mol. The molecule has 1 amide bonds. The fourth-order valence-electron chi connectivity index (χ4n) is 2.47. The van der Waals surface area contributed by atoms with Crippen LogP contribution in [-0.2, 0) is 9.53 Å². The molecular weight excluding hydrogens is 389 g/mol. The average molecular weight is 407 g/mol. The van der Waals surface area contributed by atoms with Gasteiger partial charge in [0.25, 0.3) is 5.56 Å². The number of aromatic nitrogens is 2. The molecule has 3 rings (SSSR count). The molecular formula is C18H18FN3O3S2. The molecule has 0 saturated carbocycles. The van der Waals surface area contributed by atoms with Crippen LogP contribution < -0.4 is 10.9 Å². The Labute approximate surface area is 163 Å². The van der Waals surface area contributed by atoms with E-state index in [1.54, 1.807) is 26.2 Å². The van der Waals surface area contributed by atoms with Crippen molar-refractivity contribution < 1.29 is 13.9 Å². The van der Waals surface area contributed by atoms with Gasteiger partial charge in [-0.3, -0.25) is 9.59 Å². The highest BCUT2D eigenvalue weighted by molar-refractivity contribution is 8.00. The first-order chi connectivity index (χ1) is 13.0. The zero-order valence-corrected chi connectivity index (χ0v) is 16.4. The van der Waals surface area contributed by atoms with E-state index in [0.29, 0.717) is 34.1 Å². The summed E-state index contributed by atoms with van der Waals surface area (Å²) in [6.45, 7) is 2.61. The number of carbonyl (C=O) groups excluding carboxylic acids is 1. The molecule has 0 aliphatic heterocycles. The van der Waals surface area contributed by atoms with Gasteiger partial charge in [-0.2, -0.15) is 0 Å². The summed E-state index contributed by atoms with van der Waals surface area (Å²) in [6, 6.07) is 5.97. The van der Waals surface area contributed by atoms with Gasteiger partial charge < -0.3 is 15.0 Å². The van der Waals surface area contributed by atoms with E-state index in [9.17, 15) is 14.0 Å². The van der Waals surface area contributed by atoms with Crippen molar-refractivity contribution in [1.82, 2.24) is 15.3 Å². The second-order valence-electron chi connectivity index (χ2n) is 5.75. The van der Waals surface area contributed by atoms with Gasteiger partial charge >= 0.3 is 0 Å². The molecule has 27 heavy (non-hydrogen) atoms. The number of benzene rings is 1. The minimum Gasteiger partial charge on any atom is -0.383 e. The molecule has 6 nitrogen and oxygen atoms in total. The molecule has 0 saturated heterocycles. The monoisotopic (exact) mass is 407 g/mol. The minimum atomic E-state index is -0.418. The van der Waals surface area contributed by atoms with E-state index in [4.69, 9.17) is 4.74 Å². The number of thioether (sulfide) groups is 1. The number of halogens is 1. The van der Waals surface area contributed by atoms with E-state index in [1.165, 1.54) is 35.2 Å². The molecule has 142 valence electrons. The maximum atomic E-state index is 13.1. The van der Waals surface area contributed by atoms with Gasteiger partial charge in [-0.25, -0.2) is 9.37 Å². The number of amides is 1. The SMILES string of the molecule is COCCNC(=O)[C@@H](C)Sc1nc2scc(-c3ccc(F)cc3)c2c(=O)[nH]1. The largest absolute Gasteiger partial charge is 0.383 e. The van der Waals surface area contributed by atoms with Crippen LogP contribution in [0.2, 0.25) is 0 Å². The second-order valence-corrected chi connectivity index (χ2v) is 7.94. The summed E-state index contributed by atoms with van der Waals surface area (Å²) in [4.78, 5) is 32.4. The van der Waals surface area contributed by atoms with Gasteiger partial charge in [0.2, 0.25) is 5.91 Å². The molecule has 0 aliphatic rings. The van der Waals surface area contributed by atoms with Gasteiger partial charge in [0.1, 0.15) is 10.6 Å². The summed E-state index contributed by atoms with van der Waals surface area (Å²) < 4.78 is 18.0. The summed E-state index contributed by atoms with van der Waals surface area (Å²) in [5.41, 5.74) is 1.18. The van der Waals surface area contributed by atoms with Gasteiger partial charge in [0.05, 0.1) is 17.2 Å². The summed E-state index contributed by atoms with van der Waals surface area (Å²) in [7, 11) is 1.56. The summed E-state index contributed by atoms with van der Waals surface area (Å²) >= 11 is 2.52. The van der Waals surface area contributed by atoms with Crippen LogP contribution in [0.15, 0.2) is 39.6 Å². The number of carbonyl (C=O) groups is 1. The molecule has 0 bridgehead atoms. The number of nitrogens with zero attached hydrogens (tertiary/aromatic N) is 1. The lowest BCUT2D eigenvalue weighted by Crippen LogP contribution is -2.33. The van der Waals surface area contributed by atoms with Crippen molar-refractivity contribution in [2.75, 3.05) is 20.3 Å². The Morgan fingerprint density at radius 1 is 1.41 bits per heavy atom. The number of nitrogens with one attached hydrogen (secondary N) is 2. The Morgan fingerprint density at radius 2 is 2.15 bits per heavy atom. The minimum absolute atomic E-state index is 0.155. The van der Waals surface area contributed by atoms with Crippen LogP contribution in [0.3, 0.4) is 0 Å². The third-order valence-electron chi connectivity index (χ3n) is 3.84. The zero-order chi connectivity index (χ0) is 19.4. The summed E-state index contributed by atoms with van der Waals surface area (Å²) in [5, 5.41) is 5.01. The van der Waals surface area contributed by atoms with Gasteiger partial charge in [-0.15, -0.1) is 11.3 Å². The molecule has 3 aromatic rings. The molecule has 1 atom stereocenters. The van der Waals surface area contributed by atoms with Crippen LogP contribution in [0.1, 0.15) is 6.92 Å². The number of ether oxygens (including phenoxy) is 1. The highest BCUT2D eigenvalue weighted by Crippen LogP contribution is 2.32. The van der Waals surface area contributed by atoms with E-state index >= 15 is 0 Å². The highest BCUT2D eigenvalue weighted by Gasteiger charge is 2.18. The van der Waals surface area contributed by atoms with Crippen LogP contribution in [0.25, 0.3) is 21.3 Å². The lowest BCUT2D eigenvalue weighted by molar-refractivity contribution is -0.120. The van der Waals surface area contributed by atoms with Crippen LogP contribution >= 0.6 is 23.1 Å². The number of H-pyrrole nitrogens is 1. The Morgan fingerprint density at radius 3 is 2.85 bits per heavy atom. The number of hydrogen-bond acceptors (Lipinski definition) is 6. The number of aromatic amines is 1. The van der Waals surface area contributed by atoms with E-state index in [1.807, 2.05) is 5.38 Å². The predicted octanol–water partition coefficient (Wildman–Crippen LogP) is 3.03. The smallest absolute Gasteiger partial charge is 0.260 e. The lowest BCUT2D eigenvalue weighted by atomic mass is 10.1. The molecule has 0 radical (unpaired) electrons. The van der Waals surface area contributed by atoms with Gasteiger partial charge in [-0.05, 0) is 24.6 Å². The van der Waals surface area contributed by atoms with E-state index in [0.717, 1.165) is 5.56 Å². The number of thiophene rings is 1. The molecule has 0 unspecified atom stereocenters. The van der Waals surface area contributed by atoms with Gasteiger partial charge in [0, 0.05) is 24.6 Å². The third-order valence-corrected chi connectivity index (χ3v) is 5.70. The first-order valence-corrected chi connectivity index (χ1v) is 9.96. The van der Waals surface area contributed by atoms with Crippen molar-refractivity contribution in [3.8, 4) is 11.1 Å². The second kappa shape index (κ2) is 8.64. The van der Waals surface area contributed by atoms with Crippen molar-refractivity contribution in [3.05, 3.63) is 45.8 Å². The molecule has 1 aromatic carbocycles. The molecule has 0 aliphatic carbocycles. The van der Waals surface area contributed by atoms with Crippen LogP contribution in [-0.4, -0.2) is 41.4 Å². The standard InChI is InChI=1S/C18H18FN3O3S2/c1-10(15(23)20-7-8-25-2)27-18-21-16(24)14-13(9-26-17(14)22-18)11-3-5-12(19)6-4-11/h3-6,9-10H,7-8H2,1-2H3,(H,20,23)(H,21,22,24)/t10-/m1/s1. The topological polar surface area (TPSA) is 84.1 Å². The molecule has 2 aromatic heterocycles. The number of rotatable bonds is 7. The molecule has 0 fully saturated rings. The molecule has 0 spiro atoms. The summed E-state index contributed by atoms with van der Waals surface area (Å²) in [5.74, 6) is -0.486. The van der Waals surface area contributed by atoms with Crippen molar-refractivity contribution in [2.24, 2.45) is 0 Å². The molecule has 9 heteroatoms. The Kier molecular flexibility index (Phi) is 6.25. The van der Waals surface area contributed by atoms with Crippen molar-refractivity contribution in [1.29, 1.82) is 0 Å². The van der Waals surface area contributed by atoms with Crippen LogP contribution in [0, 0.1) is 5.82 Å². The summed E-state index contributed by atoms with van der Waals surface area (Å²) in [6.07, 6.45) is 0. The number of methoxy groups -OCH3 is 1. The van der Waals surface area contributed by atoms with Crippen molar-refractivity contribution >= 4 is 39.2 Å². The highest BCUT2D eigenvalue weighted by atomic mass is 32.2. The van der Waals surface area contributed by atoms with Gasteiger partial charge in [0.15, 0.2) is 5.16 Å². The molecule has 2 N–H and O–H groups in total. The number of fused-ring (bicyclic) bond motifs is 1. The van der Waals surface area contributed by atoms with Gasteiger partial charge in [-0.1, -0.05) is 23.9 Å². The van der Waals surface area contributed by atoms with Crippen molar-refractivity contribution in [3.63, 3.8) is 0 Å². The van der Waals surface area contributed by atoms with E-state index < -0.39 is 5.25 Å². The lowest BCUT2D eigenvalue weighted by Gasteiger charge is -2.11. The first-order valence-electron chi connectivity index (χ1n) is 8.20. The Bertz CT molecular complexity index is 1000. The maximum Gasteiger partial charge on any atom is 0.260 e. The van der Waals surface area contributed by atoms with E-state index in [-0.39, 0.29) is 17.3 Å². The fourth-order valence-corrected chi connectivity index (χ4v) is 4.29. The Hall–Kier alpha value is -2.23. The maximum absolute atomic E-state index is 13.1. The average Bonchev–Trinajstić information content (AvgIpc) is 3.07.